The van der Waals surface area contributed by atoms with Crippen LogP contribution < -0.4 is 9.46 Å². The van der Waals surface area contributed by atoms with Gasteiger partial charge in [-0.1, -0.05) is 6.08 Å². The second-order valence-electron chi connectivity index (χ2n) is 4.97. The maximum Gasteiger partial charge on any atom is 0.333 e. The molecule has 0 aliphatic carbocycles. The highest BCUT2D eigenvalue weighted by Crippen LogP contribution is 2.25. The normalized spacial score (nSPS) is 11.6. The molecule has 8 heteroatoms. The monoisotopic (exact) mass is 380 g/mol. The van der Waals surface area contributed by atoms with Gasteiger partial charge >= 0.3 is 5.97 Å². The molecule has 0 atom stereocenters. The zero-order valence-corrected chi connectivity index (χ0v) is 16.6. The summed E-state index contributed by atoms with van der Waals surface area (Å²) < 4.78 is 37.0. The number of pyridine rings is 1. The van der Waals surface area contributed by atoms with Gasteiger partial charge in [0.05, 0.1) is 19.1 Å². The van der Waals surface area contributed by atoms with E-state index in [0.717, 1.165) is 5.56 Å². The van der Waals surface area contributed by atoms with E-state index in [1.54, 1.807) is 33.0 Å². The predicted octanol–water partition coefficient (Wildman–Crippen LogP) is 2.80. The fourth-order valence-electron chi connectivity index (χ4n) is 1.75. The summed E-state index contributed by atoms with van der Waals surface area (Å²) in [7, 11) is -1.28. The van der Waals surface area contributed by atoms with Crippen molar-refractivity contribution in [2.75, 3.05) is 18.9 Å². The molecule has 26 heavy (non-hydrogen) atoms. The second kappa shape index (κ2) is 10.9. The highest BCUT2D eigenvalue weighted by Gasteiger charge is 2.19. The molecule has 0 aliphatic rings. The molecule has 142 valence electrons. The Balaban J connectivity index is 0.00000194. The number of anilines is 1. The lowest BCUT2D eigenvalue weighted by Gasteiger charge is -2.12. The summed E-state index contributed by atoms with van der Waals surface area (Å²) in [4.78, 5) is 15.4. The Morgan fingerprint density at radius 2 is 1.96 bits per heavy atom. The molecule has 1 heterocycles. The minimum absolute atomic E-state index is 0.0658. The average Bonchev–Trinajstić information content (AvgIpc) is 2.59. The van der Waals surface area contributed by atoms with Gasteiger partial charge in [-0.05, 0) is 45.4 Å². The summed E-state index contributed by atoms with van der Waals surface area (Å²) in [5, 5.41) is 0. The lowest BCUT2D eigenvalue weighted by Crippen LogP contribution is -2.16. The van der Waals surface area contributed by atoms with E-state index >= 15 is 0 Å². The van der Waals surface area contributed by atoms with E-state index in [9.17, 15) is 13.2 Å². The molecule has 0 fully saturated rings. The second-order valence-corrected chi connectivity index (χ2v) is 6.66. The number of aryl methyl sites for hydroxylation is 1. The minimum atomic E-state index is -3.90. The Kier molecular flexibility index (Phi) is 9.77. The van der Waals surface area contributed by atoms with Crippen molar-refractivity contribution in [3.05, 3.63) is 40.5 Å². The number of carbonyl (C=O) groups excluding carboxylic acids is 1. The van der Waals surface area contributed by atoms with Crippen molar-refractivity contribution in [3.8, 4) is 18.2 Å². The molecule has 0 radical (unpaired) electrons. The standard InChI is InChI=1S/C15H20N2O5S.C3H4/c1-6-12(8-11(3)15(18)22-5)23(19,20)17-13-7-10(2)9-16-14(13)21-4;1-3-2/h6-9,17H,1-5H3;1H,2H3/b11-8+,12-6+;. The lowest BCUT2D eigenvalue weighted by atomic mass is 10.3. The smallest absolute Gasteiger partial charge is 0.333 e. The number of hydrogen-bond donors (Lipinski definition) is 1. The van der Waals surface area contributed by atoms with Crippen LogP contribution in [0.4, 0.5) is 5.69 Å². The lowest BCUT2D eigenvalue weighted by molar-refractivity contribution is -0.136. The molecule has 1 aromatic rings. The fraction of sp³-hybridized carbons (Fsp3) is 0.333. The number of allylic oxidation sites excluding steroid dienone is 2. The number of esters is 1. The van der Waals surface area contributed by atoms with Gasteiger partial charge in [0.25, 0.3) is 10.0 Å². The highest BCUT2D eigenvalue weighted by atomic mass is 32.2. The third kappa shape index (κ3) is 6.99. The number of carbonyl (C=O) groups is 1. The van der Waals surface area contributed by atoms with Gasteiger partial charge in [0.1, 0.15) is 5.69 Å². The van der Waals surface area contributed by atoms with Gasteiger partial charge in [-0.3, -0.25) is 4.72 Å². The molecule has 0 aromatic carbocycles. The SMILES string of the molecule is C#CC.C/C=C(\C=C(/C)C(=O)OC)S(=O)(=O)Nc1cc(C)cnc1OC. The Bertz CT molecular complexity index is 834. The Morgan fingerprint density at radius 3 is 2.42 bits per heavy atom. The van der Waals surface area contributed by atoms with Crippen molar-refractivity contribution in [2.45, 2.75) is 27.7 Å². The molecule has 1 aromatic heterocycles. The van der Waals surface area contributed by atoms with Crippen molar-refractivity contribution < 1.29 is 22.7 Å². The average molecular weight is 380 g/mol. The first kappa shape index (κ1) is 23.2. The van der Waals surface area contributed by atoms with Gasteiger partial charge in [0, 0.05) is 11.8 Å². The van der Waals surface area contributed by atoms with Crippen molar-refractivity contribution in [2.24, 2.45) is 0 Å². The van der Waals surface area contributed by atoms with Crippen LogP contribution in [0.25, 0.3) is 0 Å². The first-order valence-electron chi connectivity index (χ1n) is 7.50. The molecule has 0 saturated carbocycles. The number of sulfonamides is 1. The molecule has 0 amide bonds. The summed E-state index contributed by atoms with van der Waals surface area (Å²) in [6.07, 6.45) is 8.78. The van der Waals surface area contributed by atoms with Gasteiger partial charge < -0.3 is 9.47 Å². The van der Waals surface area contributed by atoms with Crippen molar-refractivity contribution in [1.29, 1.82) is 0 Å². The van der Waals surface area contributed by atoms with Crippen LogP contribution in [0, 0.1) is 19.3 Å². The summed E-state index contributed by atoms with van der Waals surface area (Å²) in [5.74, 6) is 1.80. The number of terminal acetylenes is 1. The Labute approximate surface area is 155 Å². The third-order valence-electron chi connectivity index (χ3n) is 2.89. The molecular formula is C18H24N2O5S. The molecular weight excluding hydrogens is 356 g/mol. The van der Waals surface area contributed by atoms with Crippen LogP contribution in [0.2, 0.25) is 0 Å². The molecule has 1 N–H and O–H groups in total. The zero-order chi connectivity index (χ0) is 20.3. The fourth-order valence-corrected chi connectivity index (χ4v) is 2.94. The van der Waals surface area contributed by atoms with Gasteiger partial charge in [-0.25, -0.2) is 18.2 Å². The highest BCUT2D eigenvalue weighted by molar-refractivity contribution is 7.96. The molecule has 1 rings (SSSR count). The van der Waals surface area contributed by atoms with Gasteiger partial charge in [-0.2, -0.15) is 0 Å². The van der Waals surface area contributed by atoms with E-state index in [0.29, 0.717) is 0 Å². The van der Waals surface area contributed by atoms with Crippen LogP contribution in [0.5, 0.6) is 5.88 Å². The molecule has 0 bridgehead atoms. The quantitative estimate of drug-likeness (QED) is 0.353. The third-order valence-corrected chi connectivity index (χ3v) is 4.35. The van der Waals surface area contributed by atoms with Crippen LogP contribution in [-0.2, 0) is 19.6 Å². The summed E-state index contributed by atoms with van der Waals surface area (Å²) in [5.41, 5.74) is 1.16. The van der Waals surface area contributed by atoms with Crippen molar-refractivity contribution >= 4 is 21.7 Å². The van der Waals surface area contributed by atoms with Crippen molar-refractivity contribution in [1.82, 2.24) is 4.98 Å². The molecule has 0 aliphatic heterocycles. The number of nitrogens with one attached hydrogen (secondary N) is 1. The largest absolute Gasteiger partial charge is 0.480 e. The molecule has 0 saturated heterocycles. The molecule has 0 unspecified atom stereocenters. The van der Waals surface area contributed by atoms with Crippen LogP contribution in [0.3, 0.4) is 0 Å². The number of rotatable bonds is 6. The predicted molar refractivity (Wildman–Crippen MR) is 102 cm³/mol. The van der Waals surface area contributed by atoms with E-state index in [-0.39, 0.29) is 22.0 Å². The Hall–Kier alpha value is -2.79. The number of ether oxygens (including phenoxy) is 2. The molecule has 0 spiro atoms. The molecule has 7 nitrogen and oxygen atoms in total. The first-order valence-corrected chi connectivity index (χ1v) is 8.98. The summed E-state index contributed by atoms with van der Waals surface area (Å²) in [6.45, 7) is 6.46. The van der Waals surface area contributed by atoms with Gasteiger partial charge in [-0.15, -0.1) is 12.3 Å². The van der Waals surface area contributed by atoms with Crippen LogP contribution in [0.15, 0.2) is 34.9 Å². The van der Waals surface area contributed by atoms with E-state index in [2.05, 4.69) is 26.8 Å². The Morgan fingerprint density at radius 1 is 1.38 bits per heavy atom. The van der Waals surface area contributed by atoms with Crippen LogP contribution in [-0.4, -0.2) is 33.6 Å². The summed E-state index contributed by atoms with van der Waals surface area (Å²) >= 11 is 0. The van der Waals surface area contributed by atoms with Crippen LogP contribution >= 0.6 is 0 Å². The van der Waals surface area contributed by atoms with E-state index in [1.165, 1.54) is 33.3 Å². The van der Waals surface area contributed by atoms with Gasteiger partial charge in [0.2, 0.25) is 5.88 Å². The van der Waals surface area contributed by atoms with Crippen LogP contribution in [0.1, 0.15) is 26.3 Å². The van der Waals surface area contributed by atoms with E-state index in [1.807, 2.05) is 0 Å². The van der Waals surface area contributed by atoms with Crippen molar-refractivity contribution in [3.63, 3.8) is 0 Å². The van der Waals surface area contributed by atoms with E-state index < -0.39 is 16.0 Å². The maximum atomic E-state index is 12.5. The van der Waals surface area contributed by atoms with E-state index in [4.69, 9.17) is 4.74 Å². The maximum absolute atomic E-state index is 12.5. The number of methoxy groups -OCH3 is 2. The first-order chi connectivity index (χ1) is 12.2. The number of nitrogens with zero attached hydrogens (tertiary/aromatic N) is 1. The topological polar surface area (TPSA) is 94.6 Å². The zero-order valence-electron chi connectivity index (χ0n) is 15.8. The summed E-state index contributed by atoms with van der Waals surface area (Å²) in [6, 6.07) is 1.60. The minimum Gasteiger partial charge on any atom is -0.480 e. The number of hydrogen-bond acceptors (Lipinski definition) is 6. The number of aromatic nitrogens is 1. The van der Waals surface area contributed by atoms with Gasteiger partial charge in [0.15, 0.2) is 0 Å².